The van der Waals surface area contributed by atoms with Gasteiger partial charge in [0.1, 0.15) is 31.3 Å². The Morgan fingerprint density at radius 2 is 1.91 bits per heavy atom. The van der Waals surface area contributed by atoms with Gasteiger partial charge in [0, 0.05) is 19.4 Å². The van der Waals surface area contributed by atoms with Crippen molar-refractivity contribution in [3.63, 3.8) is 0 Å². The lowest BCUT2D eigenvalue weighted by atomic mass is 9.97. The molecule has 0 aliphatic carbocycles. The summed E-state index contributed by atoms with van der Waals surface area (Å²) in [6.07, 6.45) is 0.683. The molecule has 170 valence electrons. The van der Waals surface area contributed by atoms with E-state index in [0.29, 0.717) is 23.0 Å². The molecular formula is C21H25N5O6. The van der Waals surface area contributed by atoms with E-state index in [9.17, 15) is 9.59 Å². The highest BCUT2D eigenvalue weighted by atomic mass is 16.7. The number of amidine groups is 1. The lowest BCUT2D eigenvalue weighted by molar-refractivity contribution is -0.137. The van der Waals surface area contributed by atoms with Crippen molar-refractivity contribution in [1.29, 1.82) is 0 Å². The molecule has 0 spiro atoms. The molecule has 1 aromatic carbocycles. The van der Waals surface area contributed by atoms with Crippen molar-refractivity contribution < 1.29 is 28.9 Å². The third-order valence-electron chi connectivity index (χ3n) is 5.47. The van der Waals surface area contributed by atoms with Gasteiger partial charge in [-0.25, -0.2) is 14.8 Å². The molecule has 32 heavy (non-hydrogen) atoms. The van der Waals surface area contributed by atoms with Crippen LogP contribution in [0.15, 0.2) is 11.3 Å². The Bertz CT molecular complexity index is 1150. The monoisotopic (exact) mass is 443 g/mol. The average Bonchev–Trinajstić information content (AvgIpc) is 3.27. The van der Waals surface area contributed by atoms with Gasteiger partial charge < -0.3 is 29.2 Å². The number of benzene rings is 1. The Hall–Kier alpha value is -3.76. The number of nitrogens with zero attached hydrogens (tertiary/aromatic N) is 3. The van der Waals surface area contributed by atoms with Crippen LogP contribution in [0.25, 0.3) is 0 Å². The Morgan fingerprint density at radius 1 is 1.22 bits per heavy atom. The maximum Gasteiger partial charge on any atom is 0.413 e. The van der Waals surface area contributed by atoms with Crippen molar-refractivity contribution >= 4 is 23.7 Å². The molecule has 1 amide bonds. The lowest BCUT2D eigenvalue weighted by Crippen LogP contribution is -2.35. The van der Waals surface area contributed by atoms with Crippen LogP contribution in [0.1, 0.15) is 41.8 Å². The quantitative estimate of drug-likeness (QED) is 0.656. The number of imidazole rings is 1. The van der Waals surface area contributed by atoms with Gasteiger partial charge in [-0.1, -0.05) is 0 Å². The summed E-state index contributed by atoms with van der Waals surface area (Å²) in [4.78, 5) is 31.9. The van der Waals surface area contributed by atoms with Gasteiger partial charge in [0.05, 0.1) is 6.33 Å². The molecule has 0 saturated heterocycles. The number of aromatic nitrogens is 2. The smallest absolute Gasteiger partial charge is 0.413 e. The predicted octanol–water partition coefficient (Wildman–Crippen LogP) is 2.46. The fourth-order valence-corrected chi connectivity index (χ4v) is 3.77. The number of carboxylic acids is 1. The second-order valence-corrected chi connectivity index (χ2v) is 8.12. The van der Waals surface area contributed by atoms with Crippen LogP contribution in [0.4, 0.5) is 10.6 Å². The Morgan fingerprint density at radius 3 is 2.59 bits per heavy atom. The van der Waals surface area contributed by atoms with Crippen LogP contribution >= 0.6 is 0 Å². The fraction of sp³-hybridized carbons (Fsp3) is 0.429. The van der Waals surface area contributed by atoms with Crippen LogP contribution in [-0.2, 0) is 22.7 Å². The minimum atomic E-state index is -1.00. The first-order valence-corrected chi connectivity index (χ1v) is 10.1. The van der Waals surface area contributed by atoms with Crippen molar-refractivity contribution in [1.82, 2.24) is 14.9 Å². The van der Waals surface area contributed by atoms with Crippen molar-refractivity contribution in [3.05, 3.63) is 34.3 Å². The maximum atomic E-state index is 12.5. The minimum absolute atomic E-state index is 0.0350. The van der Waals surface area contributed by atoms with Gasteiger partial charge in [0.2, 0.25) is 5.79 Å². The number of carbonyl (C=O) groups excluding carboxylic acids is 1. The zero-order valence-corrected chi connectivity index (χ0v) is 18.5. The van der Waals surface area contributed by atoms with Crippen LogP contribution in [0.5, 0.6) is 11.5 Å². The molecule has 0 atom stereocenters. The Balaban J connectivity index is 1.47. The van der Waals surface area contributed by atoms with Crippen molar-refractivity contribution in [2.75, 3.05) is 12.0 Å². The number of anilines is 1. The topological polar surface area (TPSA) is 136 Å². The maximum absolute atomic E-state index is 12.5. The summed E-state index contributed by atoms with van der Waals surface area (Å²) in [7, 11) is 0. The Labute approximate surface area is 184 Å². The molecule has 0 saturated carbocycles. The largest absolute Gasteiger partial charge is 0.480 e. The molecule has 2 aliphatic heterocycles. The summed E-state index contributed by atoms with van der Waals surface area (Å²) in [5.41, 5.74) is 3.95. The number of carbonyl (C=O) groups is 2. The number of alkyl carbamates (subject to hydrolysis) is 1. The summed E-state index contributed by atoms with van der Waals surface area (Å²) in [6, 6.07) is 0. The molecule has 3 N–H and O–H groups in total. The van der Waals surface area contributed by atoms with Crippen LogP contribution in [0, 0.1) is 20.8 Å². The van der Waals surface area contributed by atoms with Crippen LogP contribution in [-0.4, -0.2) is 45.0 Å². The van der Waals surface area contributed by atoms with E-state index in [-0.39, 0.29) is 25.7 Å². The summed E-state index contributed by atoms with van der Waals surface area (Å²) < 4.78 is 18.8. The second-order valence-electron chi connectivity index (χ2n) is 8.12. The summed E-state index contributed by atoms with van der Waals surface area (Å²) in [6.45, 7) is 9.44. The molecule has 4 rings (SSSR count). The van der Waals surface area contributed by atoms with Gasteiger partial charge >= 0.3 is 12.1 Å². The molecule has 0 radical (unpaired) electrons. The number of fused-ring (bicyclic) bond motifs is 2. The van der Waals surface area contributed by atoms with Gasteiger partial charge in [-0.15, -0.1) is 0 Å². The van der Waals surface area contributed by atoms with E-state index in [4.69, 9.17) is 19.3 Å². The third kappa shape index (κ3) is 3.81. The van der Waals surface area contributed by atoms with E-state index in [0.717, 1.165) is 22.3 Å². The second kappa shape index (κ2) is 7.74. The molecule has 11 heteroatoms. The predicted molar refractivity (Wildman–Crippen MR) is 114 cm³/mol. The summed E-state index contributed by atoms with van der Waals surface area (Å²) in [5, 5.41) is 14.6. The number of hydrogen-bond donors (Lipinski definition) is 3. The number of nitrogens with one attached hydrogen (secondary N) is 2. The van der Waals surface area contributed by atoms with Crippen molar-refractivity contribution in [2.45, 2.75) is 53.6 Å². The van der Waals surface area contributed by atoms with Crippen molar-refractivity contribution in [3.8, 4) is 11.5 Å². The SMILES string of the molecule is Cc1c(C)c2c(c(C)c1COC(=O)NC1=NCNc3c1ncn3CC(=O)O)OC(C)(C)O2. The highest BCUT2D eigenvalue weighted by molar-refractivity contribution is 6.08. The first-order valence-electron chi connectivity index (χ1n) is 10.1. The van der Waals surface area contributed by atoms with Gasteiger partial charge in [-0.3, -0.25) is 10.1 Å². The minimum Gasteiger partial charge on any atom is -0.480 e. The third-order valence-corrected chi connectivity index (χ3v) is 5.47. The number of aliphatic carboxylic acids is 1. The van der Waals surface area contributed by atoms with E-state index in [2.05, 4.69) is 20.6 Å². The van der Waals surface area contributed by atoms with Crippen LogP contribution in [0.2, 0.25) is 0 Å². The molecule has 0 unspecified atom stereocenters. The van der Waals surface area contributed by atoms with E-state index < -0.39 is 17.8 Å². The summed E-state index contributed by atoms with van der Waals surface area (Å²) in [5.74, 6) is 0.302. The van der Waals surface area contributed by atoms with E-state index in [1.807, 2.05) is 34.6 Å². The average molecular weight is 443 g/mol. The number of aliphatic imine (C=N–C) groups is 1. The van der Waals surface area contributed by atoms with E-state index >= 15 is 0 Å². The number of ether oxygens (including phenoxy) is 3. The highest BCUT2D eigenvalue weighted by Crippen LogP contribution is 2.47. The highest BCUT2D eigenvalue weighted by Gasteiger charge is 2.36. The van der Waals surface area contributed by atoms with Crippen LogP contribution < -0.4 is 20.1 Å². The molecule has 0 fully saturated rings. The van der Waals surface area contributed by atoms with E-state index in [1.165, 1.54) is 10.9 Å². The number of hydrogen-bond acceptors (Lipinski definition) is 8. The normalized spacial score (nSPS) is 15.5. The first kappa shape index (κ1) is 21.5. The summed E-state index contributed by atoms with van der Waals surface area (Å²) >= 11 is 0. The van der Waals surface area contributed by atoms with Gasteiger partial charge in [-0.05, 0) is 37.5 Å². The van der Waals surface area contributed by atoms with Crippen molar-refractivity contribution in [2.24, 2.45) is 4.99 Å². The molecule has 2 aliphatic rings. The number of carboxylic acid groups (broad SMARTS) is 1. The lowest BCUT2D eigenvalue weighted by Gasteiger charge is -2.18. The molecular weight excluding hydrogens is 418 g/mol. The molecule has 3 heterocycles. The Kier molecular flexibility index (Phi) is 5.19. The van der Waals surface area contributed by atoms with Gasteiger partial charge in [-0.2, -0.15) is 0 Å². The first-order chi connectivity index (χ1) is 15.1. The molecule has 11 nitrogen and oxygen atoms in total. The molecule has 0 bridgehead atoms. The van der Waals surface area contributed by atoms with E-state index in [1.54, 1.807) is 0 Å². The van der Waals surface area contributed by atoms with Crippen LogP contribution in [0.3, 0.4) is 0 Å². The zero-order chi connectivity index (χ0) is 23.2. The molecule has 2 aromatic rings. The number of rotatable bonds is 4. The molecule has 1 aromatic heterocycles. The standard InChI is InChI=1S/C21H25N5O6/c1-10-11(2)16-17(32-21(4,5)31-16)12(3)13(10)7-30-20(29)25-18-15-19(23-8-22-18)26(9-24-15)6-14(27)28/h9,23H,6-8H2,1-5H3,(H,27,28)(H,22,25,29). The van der Waals surface area contributed by atoms with Gasteiger partial charge in [0.25, 0.3) is 0 Å². The number of amides is 1. The zero-order valence-electron chi connectivity index (χ0n) is 18.5. The van der Waals surface area contributed by atoms with Gasteiger partial charge in [0.15, 0.2) is 17.3 Å². The fourth-order valence-electron chi connectivity index (χ4n) is 3.77.